The van der Waals surface area contributed by atoms with Crippen LogP contribution in [-0.4, -0.2) is 4.98 Å². The molecular weight excluding hydrogens is 218 g/mol. The number of pyridine rings is 1. The third-order valence-corrected chi connectivity index (χ3v) is 3.02. The lowest BCUT2D eigenvalue weighted by Gasteiger charge is -2.21. The van der Waals surface area contributed by atoms with Crippen LogP contribution >= 0.6 is 11.6 Å². The van der Waals surface area contributed by atoms with Gasteiger partial charge in [-0.2, -0.15) is 0 Å². The fourth-order valence-electron chi connectivity index (χ4n) is 1.79. The molecule has 1 nitrogen and oxygen atoms in total. The Balaban J connectivity index is 2.87. The SMILES string of the molecule is C#CC(C)(C)c1c(Cl)ccc2cccnc12. The molecule has 0 saturated heterocycles. The van der Waals surface area contributed by atoms with E-state index in [0.29, 0.717) is 5.02 Å². The first-order valence-electron chi connectivity index (χ1n) is 5.08. The van der Waals surface area contributed by atoms with Crippen LogP contribution in [0.25, 0.3) is 10.9 Å². The van der Waals surface area contributed by atoms with Crippen molar-refractivity contribution >= 4 is 22.5 Å². The van der Waals surface area contributed by atoms with Crippen LogP contribution in [0.1, 0.15) is 19.4 Å². The van der Waals surface area contributed by atoms with Crippen LogP contribution in [0.15, 0.2) is 30.5 Å². The van der Waals surface area contributed by atoms with Crippen molar-refractivity contribution < 1.29 is 0 Å². The molecule has 2 heteroatoms. The monoisotopic (exact) mass is 229 g/mol. The van der Waals surface area contributed by atoms with E-state index in [0.717, 1.165) is 16.5 Å². The largest absolute Gasteiger partial charge is 0.256 e. The minimum atomic E-state index is -0.412. The molecule has 80 valence electrons. The van der Waals surface area contributed by atoms with Crippen molar-refractivity contribution in [3.8, 4) is 12.3 Å². The lowest BCUT2D eigenvalue weighted by molar-refractivity contribution is 0.705. The van der Waals surface area contributed by atoms with Crippen molar-refractivity contribution in [2.24, 2.45) is 0 Å². The van der Waals surface area contributed by atoms with Gasteiger partial charge in [-0.15, -0.1) is 6.42 Å². The van der Waals surface area contributed by atoms with E-state index in [1.807, 2.05) is 38.1 Å². The molecule has 0 aliphatic carbocycles. The second-order valence-corrected chi connectivity index (χ2v) is 4.67. The summed E-state index contributed by atoms with van der Waals surface area (Å²) in [5.74, 6) is 2.77. The molecule has 0 aliphatic heterocycles. The molecule has 0 amide bonds. The first kappa shape index (κ1) is 11.0. The molecular formula is C14H12ClN. The zero-order valence-corrected chi connectivity index (χ0v) is 10.0. The average molecular weight is 230 g/mol. The highest BCUT2D eigenvalue weighted by atomic mass is 35.5. The van der Waals surface area contributed by atoms with Crippen molar-refractivity contribution in [2.75, 3.05) is 0 Å². The number of terminal acetylenes is 1. The molecule has 2 rings (SSSR count). The third-order valence-electron chi connectivity index (χ3n) is 2.71. The number of benzene rings is 1. The summed E-state index contributed by atoms with van der Waals surface area (Å²) in [4.78, 5) is 4.38. The second kappa shape index (κ2) is 3.81. The maximum absolute atomic E-state index is 6.23. The van der Waals surface area contributed by atoms with E-state index in [-0.39, 0.29) is 0 Å². The number of fused-ring (bicyclic) bond motifs is 1. The molecule has 1 aromatic carbocycles. The van der Waals surface area contributed by atoms with Crippen LogP contribution in [0, 0.1) is 12.3 Å². The van der Waals surface area contributed by atoms with Gasteiger partial charge in [0.15, 0.2) is 0 Å². The number of nitrogens with zero attached hydrogens (tertiary/aromatic N) is 1. The summed E-state index contributed by atoms with van der Waals surface area (Å²) in [6.07, 6.45) is 7.32. The summed E-state index contributed by atoms with van der Waals surface area (Å²) in [5.41, 5.74) is 1.40. The highest BCUT2D eigenvalue weighted by Gasteiger charge is 2.23. The summed E-state index contributed by atoms with van der Waals surface area (Å²) in [5, 5.41) is 1.74. The summed E-state index contributed by atoms with van der Waals surface area (Å²) < 4.78 is 0. The molecule has 0 unspecified atom stereocenters. The molecule has 0 bridgehead atoms. The molecule has 0 radical (unpaired) electrons. The highest BCUT2D eigenvalue weighted by molar-refractivity contribution is 6.32. The fourth-order valence-corrected chi connectivity index (χ4v) is 2.18. The van der Waals surface area contributed by atoms with Gasteiger partial charge in [-0.3, -0.25) is 4.98 Å². The summed E-state index contributed by atoms with van der Waals surface area (Å²) >= 11 is 6.23. The Morgan fingerprint density at radius 2 is 2.06 bits per heavy atom. The molecule has 1 aromatic heterocycles. The number of aromatic nitrogens is 1. The molecule has 0 aliphatic rings. The Hall–Kier alpha value is -1.52. The van der Waals surface area contributed by atoms with Gasteiger partial charge in [0.05, 0.1) is 10.9 Å². The van der Waals surface area contributed by atoms with Crippen molar-refractivity contribution in [1.82, 2.24) is 4.98 Å². The van der Waals surface area contributed by atoms with Crippen LogP contribution in [0.5, 0.6) is 0 Å². The van der Waals surface area contributed by atoms with Gasteiger partial charge in [0, 0.05) is 22.2 Å². The van der Waals surface area contributed by atoms with Crippen LogP contribution in [0.2, 0.25) is 5.02 Å². The fraction of sp³-hybridized carbons (Fsp3) is 0.214. The predicted molar refractivity (Wildman–Crippen MR) is 68.6 cm³/mol. The summed E-state index contributed by atoms with van der Waals surface area (Å²) in [6.45, 7) is 3.95. The van der Waals surface area contributed by atoms with Crippen LogP contribution < -0.4 is 0 Å². The van der Waals surface area contributed by atoms with E-state index in [1.165, 1.54) is 0 Å². The number of halogens is 1. The average Bonchev–Trinajstić information content (AvgIpc) is 2.28. The van der Waals surface area contributed by atoms with Gasteiger partial charge in [0.2, 0.25) is 0 Å². The second-order valence-electron chi connectivity index (χ2n) is 4.27. The normalized spacial score (nSPS) is 11.4. The maximum atomic E-state index is 6.23. The first-order chi connectivity index (χ1) is 7.56. The van der Waals surface area contributed by atoms with E-state index in [2.05, 4.69) is 10.9 Å². The Bertz CT molecular complexity index is 579. The Labute approximate surface area is 100 Å². The number of hydrogen-bond donors (Lipinski definition) is 0. The first-order valence-corrected chi connectivity index (χ1v) is 5.45. The lowest BCUT2D eigenvalue weighted by atomic mass is 9.84. The van der Waals surface area contributed by atoms with Crippen LogP contribution in [-0.2, 0) is 5.41 Å². The lowest BCUT2D eigenvalue weighted by Crippen LogP contribution is -2.15. The summed E-state index contributed by atoms with van der Waals surface area (Å²) in [7, 11) is 0. The molecule has 0 atom stereocenters. The van der Waals surface area contributed by atoms with Gasteiger partial charge in [-0.25, -0.2) is 0 Å². The Kier molecular flexibility index (Phi) is 2.61. The Morgan fingerprint density at radius 1 is 1.31 bits per heavy atom. The third kappa shape index (κ3) is 1.66. The molecule has 0 fully saturated rings. The minimum absolute atomic E-state index is 0.412. The van der Waals surface area contributed by atoms with Crippen molar-refractivity contribution in [2.45, 2.75) is 19.3 Å². The predicted octanol–water partition coefficient (Wildman–Crippen LogP) is 3.80. The van der Waals surface area contributed by atoms with E-state index in [4.69, 9.17) is 18.0 Å². The zero-order valence-electron chi connectivity index (χ0n) is 9.29. The maximum Gasteiger partial charge on any atom is 0.0764 e. The molecule has 0 saturated carbocycles. The topological polar surface area (TPSA) is 12.9 Å². The van der Waals surface area contributed by atoms with E-state index < -0.39 is 5.41 Å². The van der Waals surface area contributed by atoms with Crippen molar-refractivity contribution in [1.29, 1.82) is 0 Å². The van der Waals surface area contributed by atoms with Crippen molar-refractivity contribution in [3.63, 3.8) is 0 Å². The van der Waals surface area contributed by atoms with Gasteiger partial charge < -0.3 is 0 Å². The molecule has 0 N–H and O–H groups in total. The van der Waals surface area contributed by atoms with Crippen molar-refractivity contribution in [3.05, 3.63) is 41.0 Å². The number of rotatable bonds is 1. The molecule has 0 spiro atoms. The quantitative estimate of drug-likeness (QED) is 0.678. The van der Waals surface area contributed by atoms with Gasteiger partial charge in [0.25, 0.3) is 0 Å². The number of hydrogen-bond acceptors (Lipinski definition) is 1. The van der Waals surface area contributed by atoms with Gasteiger partial charge in [0.1, 0.15) is 0 Å². The molecule has 16 heavy (non-hydrogen) atoms. The molecule has 1 heterocycles. The standard InChI is InChI=1S/C14H12ClN/c1-4-14(2,3)12-11(15)8-7-10-6-5-9-16-13(10)12/h1,5-9H,2-3H3. The Morgan fingerprint density at radius 3 is 2.75 bits per heavy atom. The van der Waals surface area contributed by atoms with Gasteiger partial charge >= 0.3 is 0 Å². The van der Waals surface area contributed by atoms with Crippen LogP contribution in [0.3, 0.4) is 0 Å². The molecule has 2 aromatic rings. The van der Waals surface area contributed by atoms with E-state index in [1.54, 1.807) is 6.20 Å². The van der Waals surface area contributed by atoms with E-state index >= 15 is 0 Å². The minimum Gasteiger partial charge on any atom is -0.256 e. The van der Waals surface area contributed by atoms with Crippen LogP contribution in [0.4, 0.5) is 0 Å². The van der Waals surface area contributed by atoms with Gasteiger partial charge in [-0.1, -0.05) is 29.7 Å². The summed E-state index contributed by atoms with van der Waals surface area (Å²) in [6, 6.07) is 7.75. The van der Waals surface area contributed by atoms with E-state index in [9.17, 15) is 0 Å². The highest BCUT2D eigenvalue weighted by Crippen LogP contribution is 2.34. The van der Waals surface area contributed by atoms with Gasteiger partial charge in [-0.05, 0) is 26.0 Å². The smallest absolute Gasteiger partial charge is 0.0764 e. The zero-order chi connectivity index (χ0) is 11.8.